The summed E-state index contributed by atoms with van der Waals surface area (Å²) in [6, 6.07) is 3.90. The maximum Gasteiger partial charge on any atom is 0.157 e. The van der Waals surface area contributed by atoms with Gasteiger partial charge in [0.25, 0.3) is 0 Å². The monoisotopic (exact) mass is 251 g/mol. The summed E-state index contributed by atoms with van der Waals surface area (Å²) in [5, 5.41) is 5.13. The molecule has 0 fully saturated rings. The van der Waals surface area contributed by atoms with Gasteiger partial charge in [0, 0.05) is 17.2 Å². The van der Waals surface area contributed by atoms with Crippen molar-refractivity contribution in [2.45, 2.75) is 46.0 Å². The molecule has 0 aliphatic heterocycles. The molecule has 92 valence electrons. The predicted octanol–water partition coefficient (Wildman–Crippen LogP) is 3.80. The van der Waals surface area contributed by atoms with Crippen LogP contribution in [-0.4, -0.2) is 14.6 Å². The summed E-state index contributed by atoms with van der Waals surface area (Å²) in [5.74, 6) is 0.366. The highest BCUT2D eigenvalue weighted by molar-refractivity contribution is 6.29. The van der Waals surface area contributed by atoms with Crippen molar-refractivity contribution in [3.63, 3.8) is 0 Å². The largest absolute Gasteiger partial charge is 0.233 e. The van der Waals surface area contributed by atoms with Crippen LogP contribution in [0.1, 0.15) is 51.9 Å². The zero-order valence-electron chi connectivity index (χ0n) is 11.0. The van der Waals surface area contributed by atoms with Crippen LogP contribution in [0, 0.1) is 0 Å². The maximum atomic E-state index is 6.23. The standard InChI is InChI=1S/C13H18ClN3/c1-8(2)9-6-11(14)17-12(15-9)7-10(16-17)13(3,4)5/h6-8H,1-5H3. The van der Waals surface area contributed by atoms with Crippen LogP contribution < -0.4 is 0 Å². The van der Waals surface area contributed by atoms with E-state index in [1.807, 2.05) is 12.1 Å². The summed E-state index contributed by atoms with van der Waals surface area (Å²) >= 11 is 6.23. The van der Waals surface area contributed by atoms with Gasteiger partial charge in [-0.3, -0.25) is 0 Å². The summed E-state index contributed by atoms with van der Waals surface area (Å²) in [5.41, 5.74) is 2.84. The Morgan fingerprint density at radius 1 is 1.24 bits per heavy atom. The first-order valence-electron chi connectivity index (χ1n) is 5.86. The third-order valence-corrected chi connectivity index (χ3v) is 3.03. The van der Waals surface area contributed by atoms with Crippen LogP contribution in [0.25, 0.3) is 5.65 Å². The first-order chi connectivity index (χ1) is 7.79. The molecule has 0 amide bonds. The van der Waals surface area contributed by atoms with Crippen LogP contribution >= 0.6 is 11.6 Å². The lowest BCUT2D eigenvalue weighted by atomic mass is 9.93. The third kappa shape index (κ3) is 2.29. The van der Waals surface area contributed by atoms with E-state index in [1.165, 1.54) is 0 Å². The van der Waals surface area contributed by atoms with Gasteiger partial charge in [-0.15, -0.1) is 0 Å². The smallest absolute Gasteiger partial charge is 0.157 e. The molecule has 0 aromatic carbocycles. The third-order valence-electron chi connectivity index (χ3n) is 2.76. The topological polar surface area (TPSA) is 30.2 Å². The molecule has 0 bridgehead atoms. The minimum absolute atomic E-state index is 0.00895. The van der Waals surface area contributed by atoms with Gasteiger partial charge < -0.3 is 0 Å². The van der Waals surface area contributed by atoms with Gasteiger partial charge in [-0.2, -0.15) is 5.10 Å². The second-order valence-electron chi connectivity index (χ2n) is 5.71. The summed E-state index contributed by atoms with van der Waals surface area (Å²) in [6.45, 7) is 10.6. The van der Waals surface area contributed by atoms with Crippen LogP contribution in [0.5, 0.6) is 0 Å². The van der Waals surface area contributed by atoms with Crippen LogP contribution in [-0.2, 0) is 5.41 Å². The molecule has 0 spiro atoms. The zero-order valence-corrected chi connectivity index (χ0v) is 11.7. The predicted molar refractivity (Wildman–Crippen MR) is 70.8 cm³/mol. The van der Waals surface area contributed by atoms with E-state index in [0.717, 1.165) is 17.0 Å². The molecule has 0 atom stereocenters. The molecule has 3 nitrogen and oxygen atoms in total. The number of aromatic nitrogens is 3. The number of fused-ring (bicyclic) bond motifs is 1. The molecule has 0 N–H and O–H groups in total. The second-order valence-corrected chi connectivity index (χ2v) is 6.10. The minimum atomic E-state index is 0.00895. The fraction of sp³-hybridized carbons (Fsp3) is 0.538. The highest BCUT2D eigenvalue weighted by atomic mass is 35.5. The fourth-order valence-corrected chi connectivity index (χ4v) is 1.85. The Hall–Kier alpha value is -1.09. The van der Waals surface area contributed by atoms with Crippen LogP contribution in [0.2, 0.25) is 5.15 Å². The average molecular weight is 252 g/mol. The highest BCUT2D eigenvalue weighted by Crippen LogP contribution is 2.25. The minimum Gasteiger partial charge on any atom is -0.233 e. The molecule has 0 saturated heterocycles. The number of hydrogen-bond donors (Lipinski definition) is 0. The lowest BCUT2D eigenvalue weighted by Gasteiger charge is -2.13. The van der Waals surface area contributed by atoms with Crippen molar-refractivity contribution in [1.82, 2.24) is 14.6 Å². The van der Waals surface area contributed by atoms with Gasteiger partial charge in [-0.25, -0.2) is 9.50 Å². The van der Waals surface area contributed by atoms with Gasteiger partial charge in [0.15, 0.2) is 5.65 Å². The van der Waals surface area contributed by atoms with Crippen molar-refractivity contribution in [3.8, 4) is 0 Å². The molecule has 0 saturated carbocycles. The van der Waals surface area contributed by atoms with Crippen LogP contribution in [0.15, 0.2) is 12.1 Å². The Kier molecular flexibility index (Phi) is 2.90. The Labute approximate surface area is 107 Å². The summed E-state index contributed by atoms with van der Waals surface area (Å²) in [7, 11) is 0. The lowest BCUT2D eigenvalue weighted by Crippen LogP contribution is -2.11. The second kappa shape index (κ2) is 3.98. The Balaban J connectivity index is 2.65. The number of nitrogens with zero attached hydrogens (tertiary/aromatic N) is 3. The van der Waals surface area contributed by atoms with E-state index in [0.29, 0.717) is 11.1 Å². The summed E-state index contributed by atoms with van der Waals surface area (Å²) in [4.78, 5) is 4.59. The molecular formula is C13H18ClN3. The van der Waals surface area contributed by atoms with Gasteiger partial charge in [-0.1, -0.05) is 46.2 Å². The zero-order chi connectivity index (χ0) is 12.8. The number of rotatable bonds is 1. The molecule has 2 aromatic rings. The first-order valence-corrected chi connectivity index (χ1v) is 6.23. The molecule has 0 aliphatic rings. The van der Waals surface area contributed by atoms with Crippen molar-refractivity contribution in [1.29, 1.82) is 0 Å². The molecule has 0 radical (unpaired) electrons. The van der Waals surface area contributed by atoms with Gasteiger partial charge in [0.05, 0.1) is 5.69 Å². The Morgan fingerprint density at radius 2 is 1.88 bits per heavy atom. The van der Waals surface area contributed by atoms with E-state index in [2.05, 4.69) is 44.7 Å². The van der Waals surface area contributed by atoms with Crippen LogP contribution in [0.3, 0.4) is 0 Å². The fourth-order valence-electron chi connectivity index (χ4n) is 1.62. The molecule has 2 aromatic heterocycles. The molecule has 17 heavy (non-hydrogen) atoms. The van der Waals surface area contributed by atoms with Gasteiger partial charge in [-0.05, 0) is 12.0 Å². The highest BCUT2D eigenvalue weighted by Gasteiger charge is 2.19. The first kappa shape index (κ1) is 12.4. The molecule has 0 unspecified atom stereocenters. The van der Waals surface area contributed by atoms with Crippen molar-refractivity contribution >= 4 is 17.2 Å². The van der Waals surface area contributed by atoms with Gasteiger partial charge in [0.2, 0.25) is 0 Å². The Bertz CT molecular complexity index is 550. The van der Waals surface area contributed by atoms with E-state index in [1.54, 1.807) is 4.52 Å². The summed E-state index contributed by atoms with van der Waals surface area (Å²) < 4.78 is 1.70. The number of halogens is 1. The summed E-state index contributed by atoms with van der Waals surface area (Å²) in [6.07, 6.45) is 0. The van der Waals surface area contributed by atoms with Crippen molar-refractivity contribution < 1.29 is 0 Å². The molecule has 2 heterocycles. The maximum absolute atomic E-state index is 6.23. The normalized spacial score (nSPS) is 12.6. The molecule has 2 rings (SSSR count). The Morgan fingerprint density at radius 3 is 2.41 bits per heavy atom. The van der Waals surface area contributed by atoms with Gasteiger partial charge in [0.1, 0.15) is 5.15 Å². The molecular weight excluding hydrogens is 234 g/mol. The SMILES string of the molecule is CC(C)c1cc(Cl)n2nc(C(C)(C)C)cc2n1. The van der Waals surface area contributed by atoms with E-state index in [-0.39, 0.29) is 5.41 Å². The van der Waals surface area contributed by atoms with E-state index < -0.39 is 0 Å². The molecule has 4 heteroatoms. The average Bonchev–Trinajstić information content (AvgIpc) is 2.60. The molecule has 0 aliphatic carbocycles. The quantitative estimate of drug-likeness (QED) is 0.722. The van der Waals surface area contributed by atoms with E-state index in [9.17, 15) is 0 Å². The van der Waals surface area contributed by atoms with Crippen molar-refractivity contribution in [3.05, 3.63) is 28.7 Å². The lowest BCUT2D eigenvalue weighted by molar-refractivity contribution is 0.562. The van der Waals surface area contributed by atoms with Crippen LogP contribution in [0.4, 0.5) is 0 Å². The van der Waals surface area contributed by atoms with E-state index >= 15 is 0 Å². The van der Waals surface area contributed by atoms with E-state index in [4.69, 9.17) is 11.6 Å². The number of hydrogen-bond acceptors (Lipinski definition) is 2. The van der Waals surface area contributed by atoms with Gasteiger partial charge >= 0.3 is 0 Å². The van der Waals surface area contributed by atoms with Crippen molar-refractivity contribution in [2.24, 2.45) is 0 Å². The van der Waals surface area contributed by atoms with Crippen molar-refractivity contribution in [2.75, 3.05) is 0 Å².